The van der Waals surface area contributed by atoms with E-state index in [1.165, 1.54) is 5.56 Å². The predicted molar refractivity (Wildman–Crippen MR) is 44.4 cm³/mol. The van der Waals surface area contributed by atoms with E-state index in [4.69, 9.17) is 0 Å². The van der Waals surface area contributed by atoms with Crippen molar-refractivity contribution in [3.05, 3.63) is 35.4 Å². The molecule has 1 N–H and O–H groups in total. The lowest BCUT2D eigenvalue weighted by molar-refractivity contribution is 0.174. The van der Waals surface area contributed by atoms with Gasteiger partial charge in [-0.2, -0.15) is 0 Å². The van der Waals surface area contributed by atoms with Gasteiger partial charge in [0.05, 0.1) is 6.10 Å². The maximum Gasteiger partial charge on any atom is 0.0798 e. The number of hydrogen-bond acceptors (Lipinski definition) is 1. The molecule has 0 heterocycles. The van der Waals surface area contributed by atoms with Gasteiger partial charge in [0.1, 0.15) is 0 Å². The molecule has 0 radical (unpaired) electrons. The molecule has 1 nitrogen and oxygen atoms in total. The van der Waals surface area contributed by atoms with Crippen LogP contribution in [0.4, 0.5) is 0 Å². The van der Waals surface area contributed by atoms with Crippen LogP contribution in [0.25, 0.3) is 0 Å². The molecular formula is C10H12O. The Labute approximate surface area is 66.7 Å². The van der Waals surface area contributed by atoms with Crippen molar-refractivity contribution < 1.29 is 5.11 Å². The van der Waals surface area contributed by atoms with Gasteiger partial charge in [-0.15, -0.1) is 0 Å². The number of benzene rings is 1. The van der Waals surface area contributed by atoms with Crippen LogP contribution in [0, 0.1) is 0 Å². The lowest BCUT2D eigenvalue weighted by atomic mass is 10.0. The van der Waals surface area contributed by atoms with Crippen molar-refractivity contribution in [3.63, 3.8) is 0 Å². The zero-order valence-corrected chi connectivity index (χ0v) is 6.62. The molecule has 1 aromatic carbocycles. The molecule has 0 fully saturated rings. The van der Waals surface area contributed by atoms with E-state index in [0.29, 0.717) is 5.92 Å². The number of aliphatic hydroxyl groups is 1. The Morgan fingerprint density at radius 1 is 1.27 bits per heavy atom. The summed E-state index contributed by atoms with van der Waals surface area (Å²) in [5, 5.41) is 9.55. The summed E-state index contributed by atoms with van der Waals surface area (Å²) in [5.41, 5.74) is 2.44. The Morgan fingerprint density at radius 2 is 1.91 bits per heavy atom. The highest BCUT2D eigenvalue weighted by molar-refractivity contribution is 5.36. The molecule has 0 saturated heterocycles. The normalized spacial score (nSPS) is 28.5. The van der Waals surface area contributed by atoms with Gasteiger partial charge in [0.15, 0.2) is 0 Å². The summed E-state index contributed by atoms with van der Waals surface area (Å²) in [6, 6.07) is 8.15. The Bertz CT molecular complexity index is 240. The summed E-state index contributed by atoms with van der Waals surface area (Å²) in [6.45, 7) is 2.16. The highest BCUT2D eigenvalue weighted by Crippen LogP contribution is 2.39. The second kappa shape index (κ2) is 2.35. The van der Waals surface area contributed by atoms with Crippen LogP contribution in [0.1, 0.15) is 36.5 Å². The van der Waals surface area contributed by atoms with Crippen LogP contribution in [0.15, 0.2) is 24.3 Å². The van der Waals surface area contributed by atoms with Gasteiger partial charge in [0.2, 0.25) is 0 Å². The maximum absolute atomic E-state index is 9.55. The third-order valence-corrected chi connectivity index (χ3v) is 2.46. The molecule has 1 unspecified atom stereocenters. The molecule has 2 rings (SSSR count). The van der Waals surface area contributed by atoms with Crippen molar-refractivity contribution >= 4 is 0 Å². The second-order valence-electron chi connectivity index (χ2n) is 3.28. The van der Waals surface area contributed by atoms with Crippen LogP contribution in [0.2, 0.25) is 0 Å². The van der Waals surface area contributed by atoms with E-state index in [9.17, 15) is 5.11 Å². The van der Waals surface area contributed by atoms with Crippen molar-refractivity contribution in [2.24, 2.45) is 0 Å². The predicted octanol–water partition coefficient (Wildman–Crippen LogP) is 2.23. The van der Waals surface area contributed by atoms with E-state index in [-0.39, 0.29) is 6.10 Å². The van der Waals surface area contributed by atoms with Crippen LogP contribution in [0.3, 0.4) is 0 Å². The molecule has 2 atom stereocenters. The van der Waals surface area contributed by atoms with Crippen LogP contribution in [-0.4, -0.2) is 5.11 Å². The van der Waals surface area contributed by atoms with Gasteiger partial charge in [-0.05, 0) is 23.5 Å². The Morgan fingerprint density at radius 3 is 2.55 bits per heavy atom. The fraction of sp³-hybridized carbons (Fsp3) is 0.400. The smallest absolute Gasteiger partial charge is 0.0798 e. The van der Waals surface area contributed by atoms with Crippen molar-refractivity contribution in [3.8, 4) is 0 Å². The second-order valence-corrected chi connectivity index (χ2v) is 3.28. The lowest BCUT2D eigenvalue weighted by Gasteiger charge is -2.01. The minimum atomic E-state index is -0.221. The molecule has 0 aromatic heterocycles. The molecule has 0 aliphatic heterocycles. The molecule has 58 valence electrons. The van der Waals surface area contributed by atoms with E-state index in [2.05, 4.69) is 13.0 Å². The molecule has 11 heavy (non-hydrogen) atoms. The maximum atomic E-state index is 9.55. The third-order valence-electron chi connectivity index (χ3n) is 2.46. The van der Waals surface area contributed by atoms with Crippen LogP contribution >= 0.6 is 0 Å². The largest absolute Gasteiger partial charge is 0.388 e. The van der Waals surface area contributed by atoms with Crippen molar-refractivity contribution in [1.82, 2.24) is 0 Å². The molecule has 1 aromatic rings. The SMILES string of the molecule is CC1C[C@H](O)c2ccccc21. The van der Waals surface area contributed by atoms with Crippen molar-refractivity contribution in [2.75, 3.05) is 0 Å². The lowest BCUT2D eigenvalue weighted by Crippen LogP contribution is -1.88. The van der Waals surface area contributed by atoms with Gasteiger partial charge in [-0.1, -0.05) is 31.2 Å². The average molecular weight is 148 g/mol. The number of hydrogen-bond donors (Lipinski definition) is 1. The van der Waals surface area contributed by atoms with Gasteiger partial charge in [0, 0.05) is 0 Å². The summed E-state index contributed by atoms with van der Waals surface area (Å²) >= 11 is 0. The first-order chi connectivity index (χ1) is 5.29. The van der Waals surface area contributed by atoms with Gasteiger partial charge in [0.25, 0.3) is 0 Å². The van der Waals surface area contributed by atoms with Crippen LogP contribution < -0.4 is 0 Å². The van der Waals surface area contributed by atoms with E-state index < -0.39 is 0 Å². The fourth-order valence-corrected chi connectivity index (χ4v) is 1.85. The molecule has 0 bridgehead atoms. The van der Waals surface area contributed by atoms with E-state index >= 15 is 0 Å². The minimum Gasteiger partial charge on any atom is -0.388 e. The zero-order valence-electron chi connectivity index (χ0n) is 6.62. The Hall–Kier alpha value is -0.820. The van der Waals surface area contributed by atoms with E-state index in [1.54, 1.807) is 0 Å². The number of fused-ring (bicyclic) bond motifs is 1. The van der Waals surface area contributed by atoms with Crippen LogP contribution in [-0.2, 0) is 0 Å². The minimum absolute atomic E-state index is 0.221. The Kier molecular flexibility index (Phi) is 1.46. The van der Waals surface area contributed by atoms with Crippen molar-refractivity contribution in [2.45, 2.75) is 25.4 Å². The monoisotopic (exact) mass is 148 g/mol. The van der Waals surface area contributed by atoms with E-state index in [1.807, 2.05) is 18.2 Å². The first-order valence-corrected chi connectivity index (χ1v) is 4.06. The molecular weight excluding hydrogens is 136 g/mol. The highest BCUT2D eigenvalue weighted by atomic mass is 16.3. The Balaban J connectivity index is 2.52. The van der Waals surface area contributed by atoms with Gasteiger partial charge < -0.3 is 5.11 Å². The topological polar surface area (TPSA) is 20.2 Å². The van der Waals surface area contributed by atoms with Crippen LogP contribution in [0.5, 0.6) is 0 Å². The zero-order chi connectivity index (χ0) is 7.84. The number of rotatable bonds is 0. The summed E-state index contributed by atoms with van der Waals surface area (Å²) in [5.74, 6) is 0.529. The van der Waals surface area contributed by atoms with Gasteiger partial charge in [-0.3, -0.25) is 0 Å². The number of aliphatic hydroxyl groups excluding tert-OH is 1. The fourth-order valence-electron chi connectivity index (χ4n) is 1.85. The third kappa shape index (κ3) is 0.962. The molecule has 0 saturated carbocycles. The highest BCUT2D eigenvalue weighted by Gasteiger charge is 2.25. The summed E-state index contributed by atoms with van der Waals surface area (Å²) in [6.07, 6.45) is 0.667. The standard InChI is InChI=1S/C10H12O/c1-7-6-10(11)9-5-3-2-4-8(7)9/h2-5,7,10-11H,6H2,1H3/t7?,10-/m0/s1. The summed E-state index contributed by atoms with van der Waals surface area (Å²) in [4.78, 5) is 0. The first kappa shape index (κ1) is 6.86. The molecule has 1 aliphatic rings. The average Bonchev–Trinajstić information content (AvgIpc) is 2.30. The molecule has 1 heteroatoms. The molecule has 0 amide bonds. The van der Waals surface area contributed by atoms with Gasteiger partial charge >= 0.3 is 0 Å². The quantitative estimate of drug-likeness (QED) is 0.598. The van der Waals surface area contributed by atoms with Gasteiger partial charge in [-0.25, -0.2) is 0 Å². The summed E-state index contributed by atoms with van der Waals surface area (Å²) in [7, 11) is 0. The molecule has 1 aliphatic carbocycles. The van der Waals surface area contributed by atoms with E-state index in [0.717, 1.165) is 12.0 Å². The van der Waals surface area contributed by atoms with Crippen molar-refractivity contribution in [1.29, 1.82) is 0 Å². The molecule has 0 spiro atoms. The first-order valence-electron chi connectivity index (χ1n) is 4.06. The summed E-state index contributed by atoms with van der Waals surface area (Å²) < 4.78 is 0.